The summed E-state index contributed by atoms with van der Waals surface area (Å²) in [6.07, 6.45) is 1.72. The van der Waals surface area contributed by atoms with E-state index in [9.17, 15) is 9.18 Å². The van der Waals surface area contributed by atoms with Gasteiger partial charge in [0.15, 0.2) is 5.13 Å². The second-order valence-corrected chi connectivity index (χ2v) is 5.85. The molecule has 1 heterocycles. The lowest BCUT2D eigenvalue weighted by molar-refractivity contribution is -0.113. The highest BCUT2D eigenvalue weighted by Gasteiger charge is 2.06. The molecule has 2 aromatic rings. The van der Waals surface area contributed by atoms with E-state index in [0.717, 1.165) is 9.77 Å². The zero-order valence-corrected chi connectivity index (χ0v) is 11.3. The van der Waals surface area contributed by atoms with Crippen LogP contribution in [0.1, 0.15) is 4.88 Å². The van der Waals surface area contributed by atoms with Crippen LogP contribution in [0.3, 0.4) is 0 Å². The predicted octanol–water partition coefficient (Wildman–Crippen LogP) is 3.32. The van der Waals surface area contributed by atoms with Crippen LogP contribution in [0.2, 0.25) is 0 Å². The Hall–Kier alpha value is -1.40. The fourth-order valence-electron chi connectivity index (χ4n) is 1.25. The van der Waals surface area contributed by atoms with Gasteiger partial charge in [-0.2, -0.15) is 0 Å². The average molecular weight is 282 g/mol. The quantitative estimate of drug-likeness (QED) is 0.875. The molecule has 0 saturated heterocycles. The van der Waals surface area contributed by atoms with E-state index in [4.69, 9.17) is 0 Å². The van der Waals surface area contributed by atoms with Gasteiger partial charge in [0.05, 0.1) is 5.75 Å². The van der Waals surface area contributed by atoms with Crippen molar-refractivity contribution in [3.63, 3.8) is 0 Å². The van der Waals surface area contributed by atoms with Crippen LogP contribution in [0, 0.1) is 12.7 Å². The van der Waals surface area contributed by atoms with Crippen LogP contribution in [0.5, 0.6) is 0 Å². The third-order valence-electron chi connectivity index (χ3n) is 2.05. The van der Waals surface area contributed by atoms with Gasteiger partial charge in [-0.25, -0.2) is 9.37 Å². The van der Waals surface area contributed by atoms with Gasteiger partial charge < -0.3 is 5.32 Å². The summed E-state index contributed by atoms with van der Waals surface area (Å²) < 4.78 is 12.7. The van der Waals surface area contributed by atoms with Crippen molar-refractivity contribution in [2.24, 2.45) is 0 Å². The smallest absolute Gasteiger partial charge is 0.236 e. The summed E-state index contributed by atoms with van der Waals surface area (Å²) in [5, 5.41) is 3.33. The molecule has 0 aliphatic rings. The van der Waals surface area contributed by atoms with E-state index in [2.05, 4.69) is 10.3 Å². The number of amides is 1. The number of nitrogens with one attached hydrogen (secondary N) is 1. The number of thioether (sulfide) groups is 1. The van der Waals surface area contributed by atoms with Crippen LogP contribution in [-0.4, -0.2) is 16.6 Å². The number of rotatable bonds is 4. The molecule has 0 saturated carbocycles. The number of benzene rings is 1. The maximum Gasteiger partial charge on any atom is 0.236 e. The first-order valence-corrected chi connectivity index (χ1v) is 7.04. The molecular weight excluding hydrogens is 271 g/mol. The minimum absolute atomic E-state index is 0.112. The number of hydrogen-bond acceptors (Lipinski definition) is 4. The first-order valence-electron chi connectivity index (χ1n) is 5.24. The molecular formula is C12H11FN2OS2. The summed E-state index contributed by atoms with van der Waals surface area (Å²) in [6, 6.07) is 6.07. The maximum absolute atomic E-state index is 12.7. The van der Waals surface area contributed by atoms with Crippen molar-refractivity contribution in [3.05, 3.63) is 41.2 Å². The Morgan fingerprint density at radius 1 is 1.44 bits per heavy atom. The molecule has 1 amide bonds. The summed E-state index contributed by atoms with van der Waals surface area (Å²) in [6.45, 7) is 1.93. The van der Waals surface area contributed by atoms with E-state index in [0.29, 0.717) is 5.13 Å². The van der Waals surface area contributed by atoms with E-state index in [-0.39, 0.29) is 17.5 Å². The lowest BCUT2D eigenvalue weighted by Gasteiger charge is -2.02. The highest BCUT2D eigenvalue weighted by Crippen LogP contribution is 2.20. The number of carbonyl (C=O) groups is 1. The van der Waals surface area contributed by atoms with Gasteiger partial charge in [0.25, 0.3) is 0 Å². The predicted molar refractivity (Wildman–Crippen MR) is 72.6 cm³/mol. The molecule has 0 aliphatic heterocycles. The Morgan fingerprint density at radius 2 is 2.17 bits per heavy atom. The Bertz CT molecular complexity index is 539. The van der Waals surface area contributed by atoms with E-state index < -0.39 is 0 Å². The van der Waals surface area contributed by atoms with Crippen LogP contribution in [0.15, 0.2) is 35.4 Å². The van der Waals surface area contributed by atoms with Crippen molar-refractivity contribution in [1.82, 2.24) is 4.98 Å². The molecule has 6 heteroatoms. The van der Waals surface area contributed by atoms with Crippen molar-refractivity contribution in [3.8, 4) is 0 Å². The molecule has 0 radical (unpaired) electrons. The lowest BCUT2D eigenvalue weighted by atomic mass is 10.4. The molecule has 0 aliphatic carbocycles. The molecule has 94 valence electrons. The molecule has 0 bridgehead atoms. The van der Waals surface area contributed by atoms with Gasteiger partial charge >= 0.3 is 0 Å². The lowest BCUT2D eigenvalue weighted by Crippen LogP contribution is -2.13. The second-order valence-electron chi connectivity index (χ2n) is 3.57. The molecule has 3 nitrogen and oxygen atoms in total. The standard InChI is InChI=1S/C12H11FN2OS2/c1-8-6-14-12(18-8)15-11(16)7-17-10-4-2-9(13)3-5-10/h2-6H,7H2,1H3,(H,14,15,16). The highest BCUT2D eigenvalue weighted by atomic mass is 32.2. The van der Waals surface area contributed by atoms with Crippen LogP contribution >= 0.6 is 23.1 Å². The Kier molecular flexibility index (Phi) is 4.33. The van der Waals surface area contributed by atoms with Crippen LogP contribution < -0.4 is 5.32 Å². The summed E-state index contributed by atoms with van der Waals surface area (Å²) in [5.41, 5.74) is 0. The normalized spacial score (nSPS) is 10.3. The zero-order valence-electron chi connectivity index (χ0n) is 9.64. The van der Waals surface area contributed by atoms with E-state index in [1.54, 1.807) is 18.3 Å². The number of nitrogens with zero attached hydrogens (tertiary/aromatic N) is 1. The van der Waals surface area contributed by atoms with Crippen molar-refractivity contribution in [1.29, 1.82) is 0 Å². The number of halogens is 1. The molecule has 0 unspecified atom stereocenters. The summed E-state index contributed by atoms with van der Waals surface area (Å²) in [4.78, 5) is 17.6. The Morgan fingerprint density at radius 3 is 2.78 bits per heavy atom. The van der Waals surface area contributed by atoms with E-state index in [1.807, 2.05) is 6.92 Å². The summed E-state index contributed by atoms with van der Waals surface area (Å²) in [7, 11) is 0. The maximum atomic E-state index is 12.7. The Balaban J connectivity index is 1.83. The van der Waals surface area contributed by atoms with Crippen molar-refractivity contribution < 1.29 is 9.18 Å². The van der Waals surface area contributed by atoms with Gasteiger partial charge in [0.2, 0.25) is 5.91 Å². The number of aromatic nitrogens is 1. The molecule has 18 heavy (non-hydrogen) atoms. The molecule has 0 fully saturated rings. The molecule has 0 atom stereocenters. The number of anilines is 1. The number of thiazole rings is 1. The SMILES string of the molecule is Cc1cnc(NC(=O)CSc2ccc(F)cc2)s1. The molecule has 1 N–H and O–H groups in total. The minimum atomic E-state index is -0.276. The van der Waals surface area contributed by atoms with Gasteiger partial charge in [-0.15, -0.1) is 23.1 Å². The fourth-order valence-corrected chi connectivity index (χ4v) is 2.63. The van der Waals surface area contributed by atoms with Crippen molar-refractivity contribution >= 4 is 34.1 Å². The number of aryl methyl sites for hydroxylation is 1. The zero-order chi connectivity index (χ0) is 13.0. The first-order chi connectivity index (χ1) is 8.63. The van der Waals surface area contributed by atoms with Crippen molar-refractivity contribution in [2.45, 2.75) is 11.8 Å². The van der Waals surface area contributed by atoms with E-state index >= 15 is 0 Å². The second kappa shape index (κ2) is 5.97. The third kappa shape index (κ3) is 3.82. The molecule has 1 aromatic carbocycles. The first kappa shape index (κ1) is 13.0. The topological polar surface area (TPSA) is 42.0 Å². The van der Waals surface area contributed by atoms with Crippen LogP contribution in [-0.2, 0) is 4.79 Å². The molecule has 2 rings (SSSR count). The van der Waals surface area contributed by atoms with Crippen molar-refractivity contribution in [2.75, 3.05) is 11.1 Å². The van der Waals surface area contributed by atoms with Crippen LogP contribution in [0.25, 0.3) is 0 Å². The monoisotopic (exact) mass is 282 g/mol. The average Bonchev–Trinajstić information content (AvgIpc) is 2.74. The largest absolute Gasteiger partial charge is 0.301 e. The van der Waals surface area contributed by atoms with Crippen LogP contribution in [0.4, 0.5) is 9.52 Å². The highest BCUT2D eigenvalue weighted by molar-refractivity contribution is 8.00. The summed E-state index contributed by atoms with van der Waals surface area (Å²) >= 11 is 2.80. The minimum Gasteiger partial charge on any atom is -0.301 e. The fraction of sp³-hybridized carbons (Fsp3) is 0.167. The van der Waals surface area contributed by atoms with Gasteiger partial charge in [-0.1, -0.05) is 0 Å². The Labute approximate surface area is 112 Å². The van der Waals surface area contributed by atoms with Gasteiger partial charge in [0.1, 0.15) is 5.82 Å². The molecule has 1 aromatic heterocycles. The third-order valence-corrected chi connectivity index (χ3v) is 3.89. The number of hydrogen-bond donors (Lipinski definition) is 1. The summed E-state index contributed by atoms with van der Waals surface area (Å²) in [5.74, 6) is -0.106. The number of carbonyl (C=O) groups excluding carboxylic acids is 1. The van der Waals surface area contributed by atoms with Gasteiger partial charge in [-0.3, -0.25) is 4.79 Å². The van der Waals surface area contributed by atoms with Gasteiger partial charge in [0, 0.05) is 16.0 Å². The molecule has 0 spiro atoms. The van der Waals surface area contributed by atoms with E-state index in [1.165, 1.54) is 35.2 Å². The van der Waals surface area contributed by atoms with Gasteiger partial charge in [-0.05, 0) is 31.2 Å².